The van der Waals surface area contributed by atoms with Gasteiger partial charge in [-0.1, -0.05) is 11.6 Å². The van der Waals surface area contributed by atoms with Crippen molar-refractivity contribution in [3.63, 3.8) is 0 Å². The summed E-state index contributed by atoms with van der Waals surface area (Å²) >= 11 is 5.87. The molecule has 0 radical (unpaired) electrons. The summed E-state index contributed by atoms with van der Waals surface area (Å²) in [6.07, 6.45) is 1.56. The van der Waals surface area contributed by atoms with Crippen molar-refractivity contribution >= 4 is 29.0 Å². The van der Waals surface area contributed by atoms with Gasteiger partial charge in [0.05, 0.1) is 18.8 Å². The van der Waals surface area contributed by atoms with Gasteiger partial charge in [-0.15, -0.1) is 0 Å². The van der Waals surface area contributed by atoms with Crippen LogP contribution in [0.2, 0.25) is 5.02 Å². The van der Waals surface area contributed by atoms with E-state index in [4.69, 9.17) is 21.1 Å². The summed E-state index contributed by atoms with van der Waals surface area (Å²) in [6.45, 7) is 1.95. The topological polar surface area (TPSA) is 63.7 Å². The number of hydrogen-bond acceptors (Lipinski definition) is 5. The van der Waals surface area contributed by atoms with E-state index in [1.807, 2.05) is 12.1 Å². The molecule has 0 aliphatic rings. The Morgan fingerprint density at radius 2 is 1.72 bits per heavy atom. The lowest BCUT2D eigenvalue weighted by molar-refractivity contribution is 0.0627. The molecule has 0 fully saturated rings. The van der Waals surface area contributed by atoms with Crippen LogP contribution >= 0.6 is 11.6 Å². The first kappa shape index (κ1) is 19.2. The molecule has 1 heterocycles. The predicted molar refractivity (Wildman–Crippen MR) is 98.6 cm³/mol. The molecule has 1 N–H and O–H groups in total. The first-order valence-electron chi connectivity index (χ1n) is 7.90. The third kappa shape index (κ3) is 6.01. The molecule has 0 atom stereocenters. The van der Waals surface area contributed by atoms with E-state index in [1.165, 1.54) is 0 Å². The van der Waals surface area contributed by atoms with E-state index in [1.54, 1.807) is 49.6 Å². The van der Waals surface area contributed by atoms with Crippen molar-refractivity contribution in [3.8, 4) is 0 Å². The molecule has 134 valence electrons. The zero-order chi connectivity index (χ0) is 18.1. The Morgan fingerprint density at radius 3 is 2.24 bits per heavy atom. The molecular weight excluding hydrogens is 342 g/mol. The minimum Gasteiger partial charge on any atom is -0.383 e. The quantitative estimate of drug-likeness (QED) is 0.741. The fourth-order valence-electron chi connectivity index (χ4n) is 2.18. The van der Waals surface area contributed by atoms with Crippen LogP contribution in [0.1, 0.15) is 10.4 Å². The summed E-state index contributed by atoms with van der Waals surface area (Å²) < 4.78 is 10.1. The molecule has 0 spiro atoms. The minimum atomic E-state index is -0.0976. The van der Waals surface area contributed by atoms with Crippen molar-refractivity contribution in [2.45, 2.75) is 0 Å². The van der Waals surface area contributed by atoms with E-state index in [0.29, 0.717) is 42.7 Å². The standard InChI is InChI=1S/C18H22ClN3O3/c1-24-11-9-22(10-12-25-2)18(23)14-3-8-17(20-13-14)21-16-6-4-15(19)5-7-16/h3-8,13H,9-12H2,1-2H3,(H,20,21). The van der Waals surface area contributed by atoms with Gasteiger partial charge >= 0.3 is 0 Å². The number of rotatable bonds is 9. The zero-order valence-corrected chi connectivity index (χ0v) is 15.1. The zero-order valence-electron chi connectivity index (χ0n) is 14.4. The van der Waals surface area contributed by atoms with E-state index >= 15 is 0 Å². The number of ether oxygens (including phenoxy) is 2. The highest BCUT2D eigenvalue weighted by molar-refractivity contribution is 6.30. The van der Waals surface area contributed by atoms with Crippen molar-refractivity contribution in [2.24, 2.45) is 0 Å². The largest absolute Gasteiger partial charge is 0.383 e. The Kier molecular flexibility index (Phi) is 7.66. The highest BCUT2D eigenvalue weighted by Crippen LogP contribution is 2.18. The van der Waals surface area contributed by atoms with E-state index in [2.05, 4.69) is 10.3 Å². The normalized spacial score (nSPS) is 10.5. The Labute approximate surface area is 152 Å². The molecule has 0 aliphatic heterocycles. The number of pyridine rings is 1. The molecule has 0 saturated heterocycles. The van der Waals surface area contributed by atoms with Crippen molar-refractivity contribution in [3.05, 3.63) is 53.2 Å². The second kappa shape index (κ2) is 9.98. The smallest absolute Gasteiger partial charge is 0.255 e. The Morgan fingerprint density at radius 1 is 1.08 bits per heavy atom. The predicted octanol–water partition coefficient (Wildman–Crippen LogP) is 3.21. The molecule has 1 aromatic heterocycles. The third-order valence-electron chi connectivity index (χ3n) is 3.54. The third-order valence-corrected chi connectivity index (χ3v) is 3.80. The van der Waals surface area contributed by atoms with Gasteiger partial charge in [-0.2, -0.15) is 0 Å². The summed E-state index contributed by atoms with van der Waals surface area (Å²) in [5.41, 5.74) is 1.40. The Balaban J connectivity index is 2.03. The van der Waals surface area contributed by atoms with Crippen LogP contribution in [0.25, 0.3) is 0 Å². The second-order valence-electron chi connectivity index (χ2n) is 5.34. The van der Waals surface area contributed by atoms with Gasteiger partial charge in [0.2, 0.25) is 0 Å². The number of amides is 1. The number of hydrogen-bond donors (Lipinski definition) is 1. The van der Waals surface area contributed by atoms with Gasteiger partial charge in [0, 0.05) is 44.2 Å². The molecule has 0 aliphatic carbocycles. The average molecular weight is 364 g/mol. The van der Waals surface area contributed by atoms with Crippen LogP contribution in [0.3, 0.4) is 0 Å². The van der Waals surface area contributed by atoms with Crippen LogP contribution in [0.4, 0.5) is 11.5 Å². The molecule has 0 saturated carbocycles. The molecular formula is C18H22ClN3O3. The summed E-state index contributed by atoms with van der Waals surface area (Å²) in [4.78, 5) is 18.6. The van der Waals surface area contributed by atoms with Gasteiger partial charge in [-0.3, -0.25) is 4.79 Å². The summed E-state index contributed by atoms with van der Waals surface area (Å²) in [7, 11) is 3.22. The SMILES string of the molecule is COCCN(CCOC)C(=O)c1ccc(Nc2ccc(Cl)cc2)nc1. The van der Waals surface area contributed by atoms with Crippen molar-refractivity contribution in [1.29, 1.82) is 0 Å². The van der Waals surface area contributed by atoms with Crippen LogP contribution in [-0.4, -0.2) is 56.3 Å². The van der Waals surface area contributed by atoms with Gasteiger partial charge in [0.25, 0.3) is 5.91 Å². The van der Waals surface area contributed by atoms with Gasteiger partial charge < -0.3 is 19.7 Å². The van der Waals surface area contributed by atoms with Crippen LogP contribution in [0.15, 0.2) is 42.6 Å². The molecule has 1 amide bonds. The minimum absolute atomic E-state index is 0.0976. The lowest BCUT2D eigenvalue weighted by atomic mass is 10.2. The maximum absolute atomic E-state index is 12.6. The van der Waals surface area contributed by atoms with Crippen molar-refractivity contribution in [1.82, 2.24) is 9.88 Å². The second-order valence-corrected chi connectivity index (χ2v) is 5.78. The maximum Gasteiger partial charge on any atom is 0.255 e. The number of carbonyl (C=O) groups is 1. The van der Waals surface area contributed by atoms with Gasteiger partial charge in [-0.05, 0) is 36.4 Å². The molecule has 0 unspecified atom stereocenters. The lowest BCUT2D eigenvalue weighted by Gasteiger charge is -2.22. The average Bonchev–Trinajstić information content (AvgIpc) is 2.64. The van der Waals surface area contributed by atoms with Crippen LogP contribution < -0.4 is 5.32 Å². The Hall–Kier alpha value is -2.15. The van der Waals surface area contributed by atoms with Crippen LogP contribution in [0.5, 0.6) is 0 Å². The Bertz CT molecular complexity index is 654. The first-order valence-corrected chi connectivity index (χ1v) is 8.27. The molecule has 25 heavy (non-hydrogen) atoms. The van der Waals surface area contributed by atoms with Gasteiger partial charge in [0.1, 0.15) is 5.82 Å². The van der Waals surface area contributed by atoms with E-state index < -0.39 is 0 Å². The van der Waals surface area contributed by atoms with Crippen molar-refractivity contribution in [2.75, 3.05) is 45.8 Å². The fraction of sp³-hybridized carbons (Fsp3) is 0.333. The number of benzene rings is 1. The van der Waals surface area contributed by atoms with Crippen molar-refractivity contribution < 1.29 is 14.3 Å². The van der Waals surface area contributed by atoms with Gasteiger partial charge in [0.15, 0.2) is 0 Å². The molecule has 1 aromatic carbocycles. The van der Waals surface area contributed by atoms with E-state index in [9.17, 15) is 4.79 Å². The molecule has 2 rings (SSSR count). The molecule has 6 nitrogen and oxygen atoms in total. The monoisotopic (exact) mass is 363 g/mol. The summed E-state index contributed by atoms with van der Waals surface area (Å²) in [5, 5.41) is 3.83. The molecule has 2 aromatic rings. The highest BCUT2D eigenvalue weighted by atomic mass is 35.5. The number of nitrogens with one attached hydrogen (secondary N) is 1. The lowest BCUT2D eigenvalue weighted by Crippen LogP contribution is -2.36. The summed E-state index contributed by atoms with van der Waals surface area (Å²) in [6, 6.07) is 10.8. The first-order chi connectivity index (χ1) is 12.1. The highest BCUT2D eigenvalue weighted by Gasteiger charge is 2.15. The molecule has 7 heteroatoms. The fourth-order valence-corrected chi connectivity index (χ4v) is 2.30. The number of halogens is 1. The van der Waals surface area contributed by atoms with E-state index in [0.717, 1.165) is 5.69 Å². The van der Waals surface area contributed by atoms with E-state index in [-0.39, 0.29) is 5.91 Å². The number of anilines is 2. The van der Waals surface area contributed by atoms with Crippen LogP contribution in [-0.2, 0) is 9.47 Å². The number of aromatic nitrogens is 1. The maximum atomic E-state index is 12.6. The van der Waals surface area contributed by atoms with Crippen LogP contribution in [0, 0.1) is 0 Å². The number of nitrogens with zero attached hydrogens (tertiary/aromatic N) is 2. The number of carbonyl (C=O) groups excluding carboxylic acids is 1. The molecule has 0 bridgehead atoms. The summed E-state index contributed by atoms with van der Waals surface area (Å²) in [5.74, 6) is 0.554. The number of methoxy groups -OCH3 is 2. The van der Waals surface area contributed by atoms with Gasteiger partial charge in [-0.25, -0.2) is 4.98 Å².